The number of aryl methyl sites for hydroxylation is 1. The van der Waals surface area contributed by atoms with Crippen molar-refractivity contribution in [2.45, 2.75) is 33.4 Å². The van der Waals surface area contributed by atoms with Crippen LogP contribution in [0.2, 0.25) is 0 Å². The summed E-state index contributed by atoms with van der Waals surface area (Å²) in [6.07, 6.45) is 0. The molecule has 3 aromatic rings. The van der Waals surface area contributed by atoms with Crippen LogP contribution in [-0.4, -0.2) is 27.7 Å². The van der Waals surface area contributed by atoms with Crippen LogP contribution in [0.1, 0.15) is 30.1 Å². The van der Waals surface area contributed by atoms with Crippen molar-refractivity contribution in [3.8, 4) is 5.75 Å². The molecular weight excluding hydrogens is 352 g/mol. The fourth-order valence-corrected chi connectivity index (χ4v) is 3.03. The molecule has 1 aromatic carbocycles. The maximum Gasteiger partial charge on any atom is 0.312 e. The molecule has 0 aliphatic rings. The number of ether oxygens (including phenoxy) is 1. The van der Waals surface area contributed by atoms with Crippen molar-refractivity contribution in [2.24, 2.45) is 0 Å². The number of hydrogen-bond acceptors (Lipinski definition) is 6. The zero-order valence-electron chi connectivity index (χ0n) is 15.5. The Morgan fingerprint density at radius 2 is 2.19 bits per heavy atom. The summed E-state index contributed by atoms with van der Waals surface area (Å²) in [6, 6.07) is 7.01. The molecule has 1 atom stereocenters. The summed E-state index contributed by atoms with van der Waals surface area (Å²) in [7, 11) is 1.57. The lowest BCUT2D eigenvalue weighted by atomic mass is 10.2. The highest BCUT2D eigenvalue weighted by atomic mass is 16.6. The van der Waals surface area contributed by atoms with E-state index in [1.54, 1.807) is 33.9 Å². The van der Waals surface area contributed by atoms with Crippen molar-refractivity contribution in [3.05, 3.63) is 51.5 Å². The Labute approximate surface area is 155 Å². The number of aromatic nitrogens is 2. The minimum atomic E-state index is -0.490. The van der Waals surface area contributed by atoms with Crippen LogP contribution in [0.15, 0.2) is 28.7 Å². The zero-order valence-corrected chi connectivity index (χ0v) is 15.5. The Bertz CT molecular complexity index is 1020. The molecule has 0 saturated heterocycles. The number of hydrogen-bond donors (Lipinski definition) is 1. The Balaban J connectivity index is 1.75. The van der Waals surface area contributed by atoms with Gasteiger partial charge in [0.1, 0.15) is 23.7 Å². The van der Waals surface area contributed by atoms with Crippen molar-refractivity contribution < 1.29 is 18.9 Å². The zero-order chi connectivity index (χ0) is 19.7. The average molecular weight is 372 g/mol. The lowest BCUT2D eigenvalue weighted by molar-refractivity contribution is -0.386. The largest absolute Gasteiger partial charge is 0.493 e. The summed E-state index contributed by atoms with van der Waals surface area (Å²) >= 11 is 0. The summed E-state index contributed by atoms with van der Waals surface area (Å²) in [5.74, 6) is 0.879. The third-order valence-corrected chi connectivity index (χ3v) is 4.37. The second kappa shape index (κ2) is 7.10. The van der Waals surface area contributed by atoms with Crippen LogP contribution >= 0.6 is 0 Å². The van der Waals surface area contributed by atoms with Gasteiger partial charge in [-0.3, -0.25) is 19.6 Å². The molecule has 142 valence electrons. The number of rotatable bonds is 6. The van der Waals surface area contributed by atoms with Gasteiger partial charge in [0.25, 0.3) is 0 Å². The third kappa shape index (κ3) is 3.48. The Morgan fingerprint density at radius 3 is 2.81 bits per heavy atom. The summed E-state index contributed by atoms with van der Waals surface area (Å²) in [6.45, 7) is 4.80. The number of carbonyl (C=O) groups excluding carboxylic acids is 1. The first kappa shape index (κ1) is 18.4. The predicted octanol–water partition coefficient (Wildman–Crippen LogP) is 3.04. The summed E-state index contributed by atoms with van der Waals surface area (Å²) in [5.41, 5.74) is 1.17. The smallest absolute Gasteiger partial charge is 0.312 e. The van der Waals surface area contributed by atoms with Gasteiger partial charge in [-0.15, -0.1) is 0 Å². The van der Waals surface area contributed by atoms with E-state index in [2.05, 4.69) is 10.4 Å². The number of amides is 1. The number of carbonyl (C=O) groups is 1. The number of nitro groups is 1. The van der Waals surface area contributed by atoms with Crippen molar-refractivity contribution >= 4 is 22.6 Å². The molecule has 1 N–H and O–H groups in total. The number of furan rings is 1. The van der Waals surface area contributed by atoms with Gasteiger partial charge in [-0.1, -0.05) is 12.1 Å². The van der Waals surface area contributed by atoms with E-state index >= 15 is 0 Å². The molecule has 2 heterocycles. The summed E-state index contributed by atoms with van der Waals surface area (Å²) in [4.78, 5) is 23.0. The molecule has 0 saturated carbocycles. The molecule has 9 nitrogen and oxygen atoms in total. The Kier molecular flexibility index (Phi) is 4.85. The second-order valence-corrected chi connectivity index (χ2v) is 6.25. The molecule has 3 rings (SSSR count). The van der Waals surface area contributed by atoms with Crippen LogP contribution < -0.4 is 10.1 Å². The van der Waals surface area contributed by atoms with Crippen molar-refractivity contribution in [1.82, 2.24) is 15.1 Å². The SMILES string of the molecule is COc1cccc2cc([C@@H](C)NC(=O)Cn3nc(C)c([N+](=O)[O-])c3C)oc12. The molecule has 27 heavy (non-hydrogen) atoms. The van der Waals surface area contributed by atoms with Crippen LogP contribution in [0, 0.1) is 24.0 Å². The van der Waals surface area contributed by atoms with E-state index in [1.807, 2.05) is 18.2 Å². The maximum atomic E-state index is 12.4. The number of fused-ring (bicyclic) bond motifs is 1. The van der Waals surface area contributed by atoms with E-state index in [0.717, 1.165) is 5.39 Å². The van der Waals surface area contributed by atoms with Gasteiger partial charge < -0.3 is 14.5 Å². The number of benzene rings is 1. The number of nitrogens with zero attached hydrogens (tertiary/aromatic N) is 3. The highest BCUT2D eigenvalue weighted by molar-refractivity contribution is 5.84. The normalized spacial score (nSPS) is 12.1. The van der Waals surface area contributed by atoms with Crippen molar-refractivity contribution in [1.29, 1.82) is 0 Å². The first-order valence-corrected chi connectivity index (χ1v) is 8.36. The third-order valence-electron chi connectivity index (χ3n) is 4.37. The van der Waals surface area contributed by atoms with Crippen LogP contribution in [0.4, 0.5) is 5.69 Å². The minimum absolute atomic E-state index is 0.0692. The van der Waals surface area contributed by atoms with E-state index in [0.29, 0.717) is 22.8 Å². The molecule has 1 amide bonds. The van der Waals surface area contributed by atoms with Crippen molar-refractivity contribution in [3.63, 3.8) is 0 Å². The van der Waals surface area contributed by atoms with E-state index in [-0.39, 0.29) is 29.9 Å². The van der Waals surface area contributed by atoms with E-state index in [4.69, 9.17) is 9.15 Å². The molecule has 0 aliphatic heterocycles. The van der Waals surface area contributed by atoms with E-state index in [9.17, 15) is 14.9 Å². The molecule has 0 unspecified atom stereocenters. The monoisotopic (exact) mass is 372 g/mol. The van der Waals surface area contributed by atoms with Gasteiger partial charge in [0, 0.05) is 5.39 Å². The van der Waals surface area contributed by atoms with Gasteiger partial charge in [-0.05, 0) is 32.9 Å². The molecule has 0 radical (unpaired) electrons. The fourth-order valence-electron chi connectivity index (χ4n) is 3.03. The van der Waals surface area contributed by atoms with Crippen LogP contribution in [0.25, 0.3) is 11.0 Å². The Morgan fingerprint density at radius 1 is 1.44 bits per heavy atom. The second-order valence-electron chi connectivity index (χ2n) is 6.25. The van der Waals surface area contributed by atoms with E-state index < -0.39 is 4.92 Å². The molecule has 0 bridgehead atoms. The van der Waals surface area contributed by atoms with Crippen molar-refractivity contribution in [2.75, 3.05) is 7.11 Å². The van der Waals surface area contributed by atoms with Gasteiger partial charge >= 0.3 is 5.69 Å². The average Bonchev–Trinajstić information content (AvgIpc) is 3.15. The van der Waals surface area contributed by atoms with Crippen LogP contribution in [-0.2, 0) is 11.3 Å². The van der Waals surface area contributed by atoms with Gasteiger partial charge in [-0.2, -0.15) is 5.10 Å². The molecule has 0 aliphatic carbocycles. The fraction of sp³-hybridized carbons (Fsp3) is 0.333. The molecular formula is C18H20N4O5. The number of nitrogens with one attached hydrogen (secondary N) is 1. The molecule has 9 heteroatoms. The van der Waals surface area contributed by atoms with Crippen LogP contribution in [0.3, 0.4) is 0 Å². The number of para-hydroxylation sites is 1. The Hall–Kier alpha value is -3.36. The van der Waals surface area contributed by atoms with E-state index in [1.165, 1.54) is 4.68 Å². The first-order chi connectivity index (χ1) is 12.8. The summed E-state index contributed by atoms with van der Waals surface area (Å²) < 4.78 is 12.4. The topological polar surface area (TPSA) is 112 Å². The lowest BCUT2D eigenvalue weighted by Crippen LogP contribution is -2.30. The molecule has 2 aromatic heterocycles. The quantitative estimate of drug-likeness (QED) is 0.526. The standard InChI is InChI=1S/C18H20N4O5/c1-10(15-8-13-6-5-7-14(26-4)18(13)27-15)19-16(23)9-21-12(3)17(22(24)25)11(2)20-21/h5-8,10H,9H2,1-4H3,(H,19,23)/t10-/m1/s1. The lowest BCUT2D eigenvalue weighted by Gasteiger charge is -2.12. The maximum absolute atomic E-state index is 12.4. The van der Waals surface area contributed by atoms with Gasteiger partial charge in [0.15, 0.2) is 11.3 Å². The van der Waals surface area contributed by atoms with Crippen LogP contribution in [0.5, 0.6) is 5.75 Å². The first-order valence-electron chi connectivity index (χ1n) is 8.36. The van der Waals surface area contributed by atoms with Gasteiger partial charge in [0.2, 0.25) is 5.91 Å². The highest BCUT2D eigenvalue weighted by Gasteiger charge is 2.23. The molecule has 0 spiro atoms. The van der Waals surface area contributed by atoms with Gasteiger partial charge in [-0.25, -0.2) is 0 Å². The summed E-state index contributed by atoms with van der Waals surface area (Å²) in [5, 5.41) is 18.9. The molecule has 0 fully saturated rings. The highest BCUT2D eigenvalue weighted by Crippen LogP contribution is 2.30. The number of methoxy groups -OCH3 is 1. The minimum Gasteiger partial charge on any atom is -0.493 e. The van der Waals surface area contributed by atoms with Gasteiger partial charge in [0.05, 0.1) is 18.1 Å². The predicted molar refractivity (Wildman–Crippen MR) is 97.7 cm³/mol.